The van der Waals surface area contributed by atoms with Gasteiger partial charge >= 0.3 is 32.2 Å². The zero-order valence-electron chi connectivity index (χ0n) is 4.06. The third-order valence-corrected chi connectivity index (χ3v) is 0.365. The van der Waals surface area contributed by atoms with E-state index in [-0.39, 0.29) is 31.8 Å². The first-order chi connectivity index (χ1) is 2.64. The van der Waals surface area contributed by atoms with Crippen molar-refractivity contribution in [1.29, 1.82) is 0 Å². The molecule has 7 heavy (non-hydrogen) atoms. The van der Waals surface area contributed by atoms with Crippen molar-refractivity contribution < 1.29 is 36.1 Å². The zero-order chi connectivity index (χ0) is 5.15. The molecule has 0 unspecified atom stereocenters. The second-order valence-electron chi connectivity index (χ2n) is 1.09. The Hall–Kier alpha value is 0.0931. The molecule has 0 radical (unpaired) electrons. The van der Waals surface area contributed by atoms with Crippen molar-refractivity contribution in [2.24, 2.45) is 0 Å². The average molecular weight is 177 g/mol. The number of carboxylic acids is 1. The number of carbonyl (C=O) groups is 1. The van der Waals surface area contributed by atoms with Crippen molar-refractivity contribution in [1.82, 2.24) is 0 Å². The summed E-state index contributed by atoms with van der Waals surface area (Å²) in [7, 11) is 0. The van der Waals surface area contributed by atoms with Gasteiger partial charge in [-0.05, 0) is 6.92 Å². The third kappa shape index (κ3) is 6.09. The predicted molar refractivity (Wildman–Crippen MR) is 22.4 cm³/mol. The maximum absolute atomic E-state index is 9.60. The second-order valence-corrected chi connectivity index (χ2v) is 1.09. The van der Waals surface area contributed by atoms with Crippen molar-refractivity contribution in [3.63, 3.8) is 0 Å². The van der Waals surface area contributed by atoms with Gasteiger partial charge in [0.15, 0.2) is 0 Å². The Balaban J connectivity index is 0. The first-order valence-corrected chi connectivity index (χ1v) is 1.53. The maximum atomic E-state index is 9.60. The van der Waals surface area contributed by atoms with Gasteiger partial charge in [-0.1, -0.05) is 6.58 Å². The fourth-order valence-corrected chi connectivity index (χ4v) is 0. The van der Waals surface area contributed by atoms with Crippen LogP contribution in [0.15, 0.2) is 12.2 Å². The van der Waals surface area contributed by atoms with E-state index in [1.54, 1.807) is 0 Å². The molecule has 0 atom stereocenters. The van der Waals surface area contributed by atoms with E-state index in [4.69, 9.17) is 5.11 Å². The Kier molecular flexibility index (Phi) is 6.17. The smallest absolute Gasteiger partial charge is 0.478 e. The molecule has 0 aromatic heterocycles. The summed E-state index contributed by atoms with van der Waals surface area (Å²) in [5.74, 6) is -0.935. The van der Waals surface area contributed by atoms with E-state index in [1.165, 1.54) is 6.92 Å². The van der Waals surface area contributed by atoms with E-state index >= 15 is 0 Å². The van der Waals surface area contributed by atoms with Crippen LogP contribution in [0.1, 0.15) is 6.92 Å². The molecule has 0 fully saturated rings. The van der Waals surface area contributed by atoms with Crippen LogP contribution in [-0.4, -0.2) is 11.1 Å². The van der Waals surface area contributed by atoms with Gasteiger partial charge in [0.1, 0.15) is 0 Å². The van der Waals surface area contributed by atoms with Crippen LogP contribution in [-0.2, 0) is 31.0 Å². The van der Waals surface area contributed by atoms with Crippen molar-refractivity contribution in [2.45, 2.75) is 6.92 Å². The fraction of sp³-hybridized carbons (Fsp3) is 0.250. The van der Waals surface area contributed by atoms with Crippen LogP contribution < -0.4 is 0 Å². The average Bonchev–Trinajstić information content (AvgIpc) is 1.36. The molecular weight excluding hydrogens is 171 g/mol. The van der Waals surface area contributed by atoms with Crippen LogP contribution in [0.25, 0.3) is 0 Å². The first kappa shape index (κ1) is 10.2. The summed E-state index contributed by atoms with van der Waals surface area (Å²) in [4.78, 5) is 9.60. The fourth-order valence-electron chi connectivity index (χ4n) is 0. The molecule has 0 amide bonds. The van der Waals surface area contributed by atoms with E-state index < -0.39 is 5.97 Å². The number of hydrogen-bond donors (Lipinski definition) is 1. The molecule has 0 rings (SSSR count). The van der Waals surface area contributed by atoms with E-state index in [2.05, 4.69) is 6.58 Å². The molecular formula is C4H6O2Zr+4. The Morgan fingerprint density at radius 2 is 1.86 bits per heavy atom. The molecule has 0 saturated carbocycles. The molecule has 0 heterocycles. The molecule has 0 saturated heterocycles. The molecule has 1 N–H and O–H groups in total. The minimum Gasteiger partial charge on any atom is -0.478 e. The minimum atomic E-state index is -0.935. The van der Waals surface area contributed by atoms with Crippen LogP contribution >= 0.6 is 0 Å². The minimum absolute atomic E-state index is 0. The van der Waals surface area contributed by atoms with Crippen LogP contribution in [0.5, 0.6) is 0 Å². The van der Waals surface area contributed by atoms with Gasteiger partial charge in [0.05, 0.1) is 0 Å². The molecule has 34 valence electrons. The van der Waals surface area contributed by atoms with Crippen molar-refractivity contribution in [3.8, 4) is 0 Å². The van der Waals surface area contributed by atoms with Gasteiger partial charge in [-0.15, -0.1) is 0 Å². The van der Waals surface area contributed by atoms with Crippen LogP contribution in [0.4, 0.5) is 0 Å². The molecule has 0 spiro atoms. The van der Waals surface area contributed by atoms with Gasteiger partial charge in [0.2, 0.25) is 0 Å². The summed E-state index contributed by atoms with van der Waals surface area (Å²) in [6, 6.07) is 0. The standard InChI is InChI=1S/C4H6O2.Zr/c1-3(2)4(5)6;/h1H2,2H3,(H,5,6);/q;+4. The Labute approximate surface area is 61.3 Å². The van der Waals surface area contributed by atoms with Gasteiger partial charge in [-0.3, -0.25) is 0 Å². The Morgan fingerprint density at radius 3 is 1.86 bits per heavy atom. The van der Waals surface area contributed by atoms with Crippen molar-refractivity contribution in [2.75, 3.05) is 0 Å². The van der Waals surface area contributed by atoms with Crippen LogP contribution in [0.3, 0.4) is 0 Å². The van der Waals surface area contributed by atoms with E-state index in [9.17, 15) is 4.79 Å². The third-order valence-electron chi connectivity index (χ3n) is 0.365. The summed E-state index contributed by atoms with van der Waals surface area (Å²) < 4.78 is 0. The quantitative estimate of drug-likeness (QED) is 0.597. The SMILES string of the molecule is C=C(C)C(=O)O.[Zr+4]. The summed E-state index contributed by atoms with van der Waals surface area (Å²) in [5.41, 5.74) is 0.176. The van der Waals surface area contributed by atoms with Gasteiger partial charge in [-0.2, -0.15) is 0 Å². The normalized spacial score (nSPS) is 6.43. The van der Waals surface area contributed by atoms with Gasteiger partial charge in [-0.25, -0.2) is 4.79 Å². The second kappa shape index (κ2) is 4.26. The van der Waals surface area contributed by atoms with E-state index in [0.717, 1.165) is 0 Å². The Morgan fingerprint density at radius 1 is 1.71 bits per heavy atom. The van der Waals surface area contributed by atoms with Crippen LogP contribution in [0.2, 0.25) is 0 Å². The number of hydrogen-bond acceptors (Lipinski definition) is 1. The summed E-state index contributed by atoms with van der Waals surface area (Å²) >= 11 is 0. The molecule has 0 aliphatic heterocycles. The number of rotatable bonds is 1. The first-order valence-electron chi connectivity index (χ1n) is 1.53. The molecule has 3 heteroatoms. The van der Waals surface area contributed by atoms with Gasteiger partial charge in [0, 0.05) is 5.57 Å². The van der Waals surface area contributed by atoms with Crippen molar-refractivity contribution in [3.05, 3.63) is 12.2 Å². The molecule has 0 bridgehead atoms. The van der Waals surface area contributed by atoms with Gasteiger partial charge < -0.3 is 5.11 Å². The molecule has 0 aliphatic rings. The maximum Gasteiger partial charge on any atom is 4.00 e. The zero-order valence-corrected chi connectivity index (χ0v) is 6.52. The monoisotopic (exact) mass is 176 g/mol. The van der Waals surface area contributed by atoms with Gasteiger partial charge in [0.25, 0.3) is 0 Å². The van der Waals surface area contributed by atoms with E-state index in [1.807, 2.05) is 0 Å². The van der Waals surface area contributed by atoms with Crippen molar-refractivity contribution >= 4 is 5.97 Å². The van der Waals surface area contributed by atoms with Crippen LogP contribution in [0, 0.1) is 0 Å². The molecule has 0 aromatic carbocycles. The van der Waals surface area contributed by atoms with E-state index in [0.29, 0.717) is 0 Å². The topological polar surface area (TPSA) is 37.3 Å². The Bertz CT molecular complexity index is 75.7. The summed E-state index contributed by atoms with van der Waals surface area (Å²) in [5, 5.41) is 7.89. The number of aliphatic carboxylic acids is 1. The molecule has 0 aromatic rings. The molecule has 0 aliphatic carbocycles. The predicted octanol–water partition coefficient (Wildman–Crippen LogP) is 0.645. The summed E-state index contributed by atoms with van der Waals surface area (Å²) in [6.45, 7) is 4.60. The summed E-state index contributed by atoms with van der Waals surface area (Å²) in [6.07, 6.45) is 0. The number of carboxylic acid groups (broad SMARTS) is 1. The molecule has 2 nitrogen and oxygen atoms in total. The largest absolute Gasteiger partial charge is 4.00 e.